The van der Waals surface area contributed by atoms with Crippen molar-refractivity contribution in [3.63, 3.8) is 0 Å². The molecule has 2 aliphatic heterocycles. The second-order valence-electron chi connectivity index (χ2n) is 11.8. The molecule has 3 aliphatic rings. The van der Waals surface area contributed by atoms with E-state index in [1.165, 1.54) is 10.5 Å². The number of benzene rings is 2. The molecule has 10 heteroatoms. The van der Waals surface area contributed by atoms with E-state index in [1.807, 2.05) is 44.3 Å². The third-order valence-electron chi connectivity index (χ3n) is 8.84. The van der Waals surface area contributed by atoms with E-state index in [0.717, 1.165) is 54.8 Å². The molecule has 0 unspecified atom stereocenters. The number of ether oxygens (including phenoxy) is 2. The SMILES string of the molecule is Cc1cc(N(C)C(=O)C2CCC(Oc3cccc(CN4CCOC4=O)c3)CC2)ccc1CN1CCN(C(=O)O)[C@@H](C)C1. The fraction of sp³-hybridized carbons (Fsp3) is 0.531. The molecular weight excluding hydrogens is 536 g/mol. The van der Waals surface area contributed by atoms with Crippen LogP contribution in [0.25, 0.3) is 0 Å². The highest BCUT2D eigenvalue weighted by atomic mass is 16.6. The fourth-order valence-electron chi connectivity index (χ4n) is 6.30. The van der Waals surface area contributed by atoms with Gasteiger partial charge in [-0.2, -0.15) is 0 Å². The van der Waals surface area contributed by atoms with Crippen LogP contribution in [0, 0.1) is 12.8 Å². The highest BCUT2D eigenvalue weighted by molar-refractivity contribution is 5.94. The molecule has 1 atom stereocenters. The summed E-state index contributed by atoms with van der Waals surface area (Å²) < 4.78 is 11.3. The molecule has 2 saturated heterocycles. The van der Waals surface area contributed by atoms with E-state index < -0.39 is 6.09 Å². The molecule has 1 N–H and O–H groups in total. The number of anilines is 1. The van der Waals surface area contributed by atoms with Crippen LogP contribution in [-0.4, -0.2) is 89.9 Å². The summed E-state index contributed by atoms with van der Waals surface area (Å²) in [6.07, 6.45) is 2.13. The van der Waals surface area contributed by atoms with Crippen molar-refractivity contribution in [3.8, 4) is 5.75 Å². The van der Waals surface area contributed by atoms with Gasteiger partial charge in [0.15, 0.2) is 0 Å². The van der Waals surface area contributed by atoms with Crippen molar-refractivity contribution < 1.29 is 29.0 Å². The molecule has 226 valence electrons. The van der Waals surface area contributed by atoms with Crippen LogP contribution in [0.15, 0.2) is 42.5 Å². The number of carbonyl (C=O) groups is 3. The van der Waals surface area contributed by atoms with Gasteiger partial charge in [0.1, 0.15) is 12.4 Å². The van der Waals surface area contributed by atoms with Crippen LogP contribution in [0.3, 0.4) is 0 Å². The number of cyclic esters (lactones) is 1. The maximum atomic E-state index is 13.4. The lowest BCUT2D eigenvalue weighted by Gasteiger charge is -2.38. The highest BCUT2D eigenvalue weighted by Gasteiger charge is 2.31. The molecule has 1 aliphatic carbocycles. The highest BCUT2D eigenvalue weighted by Crippen LogP contribution is 2.31. The second kappa shape index (κ2) is 13.0. The Morgan fingerprint density at radius 1 is 1.05 bits per heavy atom. The van der Waals surface area contributed by atoms with Gasteiger partial charge in [-0.1, -0.05) is 18.2 Å². The van der Waals surface area contributed by atoms with Crippen LogP contribution in [0.2, 0.25) is 0 Å². The van der Waals surface area contributed by atoms with Crippen LogP contribution in [0.1, 0.15) is 49.3 Å². The molecule has 3 amide bonds. The van der Waals surface area contributed by atoms with Gasteiger partial charge in [0, 0.05) is 57.4 Å². The zero-order valence-electron chi connectivity index (χ0n) is 24.8. The first-order valence-electron chi connectivity index (χ1n) is 14.9. The summed E-state index contributed by atoms with van der Waals surface area (Å²) in [5, 5.41) is 9.33. The number of amides is 3. The first kappa shape index (κ1) is 29.7. The summed E-state index contributed by atoms with van der Waals surface area (Å²) in [5.74, 6) is 0.897. The summed E-state index contributed by atoms with van der Waals surface area (Å²) >= 11 is 0. The van der Waals surface area contributed by atoms with Crippen LogP contribution in [0.4, 0.5) is 15.3 Å². The van der Waals surface area contributed by atoms with Crippen molar-refractivity contribution in [1.82, 2.24) is 14.7 Å². The Kier molecular flexibility index (Phi) is 9.21. The summed E-state index contributed by atoms with van der Waals surface area (Å²) in [6, 6.07) is 14.0. The second-order valence-corrected chi connectivity index (χ2v) is 11.8. The third-order valence-corrected chi connectivity index (χ3v) is 8.84. The number of nitrogens with zero attached hydrogens (tertiary/aromatic N) is 4. The quantitative estimate of drug-likeness (QED) is 0.483. The number of piperazine rings is 1. The number of aryl methyl sites for hydroxylation is 1. The zero-order valence-corrected chi connectivity index (χ0v) is 24.8. The van der Waals surface area contributed by atoms with Crippen LogP contribution >= 0.6 is 0 Å². The van der Waals surface area contributed by atoms with E-state index in [2.05, 4.69) is 24.0 Å². The standard InChI is InChI=1S/C32H42N4O6/c1-22-17-27(10-7-26(22)21-34-13-14-36(31(38)39)23(2)19-34)33(3)30(37)25-8-11-28(12-9-25)42-29-6-4-5-24(18-29)20-35-15-16-41-32(35)40/h4-7,10,17-18,23,25,28H,8-9,11-16,19-21H2,1-3H3,(H,38,39)/t23-,25?,28?/m0/s1. The van der Waals surface area contributed by atoms with Gasteiger partial charge in [-0.25, -0.2) is 9.59 Å². The molecule has 2 heterocycles. The topological polar surface area (TPSA) is 103 Å². The minimum Gasteiger partial charge on any atom is -0.490 e. The molecule has 3 fully saturated rings. The zero-order chi connectivity index (χ0) is 29.8. The first-order chi connectivity index (χ1) is 20.2. The fourth-order valence-corrected chi connectivity index (χ4v) is 6.30. The van der Waals surface area contributed by atoms with E-state index in [4.69, 9.17) is 9.47 Å². The van der Waals surface area contributed by atoms with Crippen molar-refractivity contribution in [2.75, 3.05) is 44.7 Å². The Morgan fingerprint density at radius 2 is 1.83 bits per heavy atom. The maximum Gasteiger partial charge on any atom is 0.410 e. The molecule has 0 radical (unpaired) electrons. The maximum absolute atomic E-state index is 13.4. The average molecular weight is 579 g/mol. The minimum atomic E-state index is -0.856. The van der Waals surface area contributed by atoms with Gasteiger partial charge in [0.25, 0.3) is 0 Å². The van der Waals surface area contributed by atoms with E-state index in [0.29, 0.717) is 39.3 Å². The third kappa shape index (κ3) is 6.98. The van der Waals surface area contributed by atoms with Crippen molar-refractivity contribution in [2.45, 2.75) is 64.8 Å². The molecule has 1 saturated carbocycles. The van der Waals surface area contributed by atoms with Gasteiger partial charge >= 0.3 is 12.2 Å². The van der Waals surface area contributed by atoms with Gasteiger partial charge in [-0.15, -0.1) is 0 Å². The van der Waals surface area contributed by atoms with Crippen molar-refractivity contribution in [2.24, 2.45) is 5.92 Å². The van der Waals surface area contributed by atoms with Gasteiger partial charge in [0.2, 0.25) is 5.91 Å². The predicted molar refractivity (Wildman–Crippen MR) is 159 cm³/mol. The Labute approximate surface area is 247 Å². The minimum absolute atomic E-state index is 0.0330. The first-order valence-corrected chi connectivity index (χ1v) is 14.9. The van der Waals surface area contributed by atoms with Crippen LogP contribution in [-0.2, 0) is 22.6 Å². The Morgan fingerprint density at radius 3 is 2.50 bits per heavy atom. The summed E-state index contributed by atoms with van der Waals surface area (Å²) in [6.45, 7) is 8.27. The number of rotatable bonds is 8. The normalized spacial score (nSPS) is 23.0. The van der Waals surface area contributed by atoms with E-state index in [9.17, 15) is 19.5 Å². The molecule has 2 aromatic carbocycles. The predicted octanol–water partition coefficient (Wildman–Crippen LogP) is 4.73. The molecular formula is C32H42N4O6. The molecule has 0 bridgehead atoms. The summed E-state index contributed by atoms with van der Waals surface area (Å²) in [7, 11) is 1.85. The van der Waals surface area contributed by atoms with Gasteiger partial charge < -0.3 is 29.3 Å². The van der Waals surface area contributed by atoms with Gasteiger partial charge in [0.05, 0.1) is 12.6 Å². The van der Waals surface area contributed by atoms with Crippen molar-refractivity contribution in [3.05, 3.63) is 59.2 Å². The van der Waals surface area contributed by atoms with Crippen molar-refractivity contribution in [1.29, 1.82) is 0 Å². The van der Waals surface area contributed by atoms with E-state index in [1.54, 1.807) is 9.80 Å². The molecule has 0 spiro atoms. The van der Waals surface area contributed by atoms with E-state index in [-0.39, 0.29) is 30.1 Å². The lowest BCUT2D eigenvalue weighted by molar-refractivity contribution is -0.123. The van der Waals surface area contributed by atoms with Gasteiger partial charge in [-0.05, 0) is 80.5 Å². The number of hydrogen-bond donors (Lipinski definition) is 1. The monoisotopic (exact) mass is 578 g/mol. The largest absolute Gasteiger partial charge is 0.490 e. The van der Waals surface area contributed by atoms with Gasteiger partial charge in [-0.3, -0.25) is 9.69 Å². The van der Waals surface area contributed by atoms with Crippen LogP contribution < -0.4 is 9.64 Å². The smallest absolute Gasteiger partial charge is 0.410 e. The Bertz CT molecular complexity index is 1290. The molecule has 0 aromatic heterocycles. The Balaban J connectivity index is 1.10. The summed E-state index contributed by atoms with van der Waals surface area (Å²) in [4.78, 5) is 43.8. The average Bonchev–Trinajstić information content (AvgIpc) is 3.37. The lowest BCUT2D eigenvalue weighted by Crippen LogP contribution is -2.53. The number of carbonyl (C=O) groups excluding carboxylic acids is 2. The Hall–Kier alpha value is -3.79. The number of carboxylic acid groups (broad SMARTS) is 1. The lowest BCUT2D eigenvalue weighted by atomic mass is 9.86. The van der Waals surface area contributed by atoms with Crippen molar-refractivity contribution >= 4 is 23.8 Å². The molecule has 5 rings (SSSR count). The molecule has 42 heavy (non-hydrogen) atoms. The van der Waals surface area contributed by atoms with Crippen LogP contribution in [0.5, 0.6) is 5.75 Å². The summed E-state index contributed by atoms with van der Waals surface area (Å²) in [5.41, 5.74) is 4.22. The molecule has 2 aromatic rings. The number of hydrogen-bond acceptors (Lipinski definition) is 6. The van der Waals surface area contributed by atoms with E-state index >= 15 is 0 Å². The molecule has 10 nitrogen and oxygen atoms in total.